The molecule has 4 fully saturated rings. The summed E-state index contributed by atoms with van der Waals surface area (Å²) < 4.78 is 5.81. The first-order chi connectivity index (χ1) is 17.1. The lowest BCUT2D eigenvalue weighted by atomic mass is 9.31. The average Bonchev–Trinajstić information content (AvgIpc) is 3.25. The molecule has 5 aliphatic carbocycles. The van der Waals surface area contributed by atoms with Crippen molar-refractivity contribution in [3.05, 3.63) is 17.5 Å². The molecule has 5 heteroatoms. The van der Waals surface area contributed by atoms with Gasteiger partial charge in [-0.1, -0.05) is 53.6 Å². The quantitative estimate of drug-likeness (QED) is 0.455. The lowest BCUT2D eigenvalue weighted by molar-refractivity contribution is -0.229. The van der Waals surface area contributed by atoms with E-state index in [1.54, 1.807) is 0 Å². The van der Waals surface area contributed by atoms with Crippen LogP contribution in [-0.4, -0.2) is 22.0 Å². The van der Waals surface area contributed by atoms with E-state index in [2.05, 4.69) is 53.6 Å². The molecule has 0 amide bonds. The molecule has 0 aliphatic heterocycles. The molecule has 5 aliphatic rings. The van der Waals surface area contributed by atoms with Crippen molar-refractivity contribution in [2.75, 3.05) is 0 Å². The van der Waals surface area contributed by atoms with Crippen LogP contribution in [-0.2, 0) is 21.4 Å². The molecule has 0 spiro atoms. The Balaban J connectivity index is 1.44. The summed E-state index contributed by atoms with van der Waals surface area (Å²) in [5.41, 5.74) is 1.03. The van der Waals surface area contributed by atoms with E-state index in [0.717, 1.165) is 57.1 Å². The molecule has 5 nitrogen and oxygen atoms in total. The van der Waals surface area contributed by atoms with Gasteiger partial charge in [0.05, 0.1) is 12.6 Å². The van der Waals surface area contributed by atoms with Gasteiger partial charge in [0.1, 0.15) is 11.5 Å². The molecule has 0 bridgehead atoms. The van der Waals surface area contributed by atoms with Gasteiger partial charge in [0.15, 0.2) is 0 Å². The van der Waals surface area contributed by atoms with Crippen molar-refractivity contribution >= 4 is 11.8 Å². The highest BCUT2D eigenvalue weighted by Gasteiger charge is 2.72. The van der Waals surface area contributed by atoms with Gasteiger partial charge < -0.3 is 9.63 Å². The second-order valence-corrected chi connectivity index (χ2v) is 16.1. The normalized spacial score (nSPS) is 47.6. The minimum atomic E-state index is -0.692. The maximum Gasteiger partial charge on any atom is 0.303 e. The van der Waals surface area contributed by atoms with E-state index in [0.29, 0.717) is 24.0 Å². The number of hydrogen-bond acceptors (Lipinski definition) is 4. The molecule has 2 unspecified atom stereocenters. The largest absolute Gasteiger partial charge is 0.481 e. The maximum absolute atomic E-state index is 14.5. The second-order valence-electron chi connectivity index (χ2n) is 16.1. The number of aliphatic carboxylic acids is 1. The van der Waals surface area contributed by atoms with Crippen LogP contribution in [0.4, 0.5) is 0 Å². The van der Waals surface area contributed by atoms with Crippen LogP contribution in [0.25, 0.3) is 0 Å². The summed E-state index contributed by atoms with van der Waals surface area (Å²) in [4.78, 5) is 26.7. The third kappa shape index (κ3) is 3.18. The fraction of sp³-hybridized carbons (Fsp3) is 0.844. The van der Waals surface area contributed by atoms with Gasteiger partial charge in [-0.15, -0.1) is 0 Å². The Morgan fingerprint density at radius 1 is 1.00 bits per heavy atom. The Labute approximate surface area is 222 Å². The van der Waals surface area contributed by atoms with E-state index in [4.69, 9.17) is 4.52 Å². The number of carbonyl (C=O) groups excluding carboxylic acids is 1. The molecule has 1 aromatic heterocycles. The van der Waals surface area contributed by atoms with Crippen molar-refractivity contribution in [3.63, 3.8) is 0 Å². The van der Waals surface area contributed by atoms with Crippen molar-refractivity contribution in [3.8, 4) is 0 Å². The number of carboxylic acid groups (broad SMARTS) is 1. The van der Waals surface area contributed by atoms with Crippen molar-refractivity contribution in [1.29, 1.82) is 0 Å². The van der Waals surface area contributed by atoms with Crippen LogP contribution in [0.15, 0.2) is 10.7 Å². The Morgan fingerprint density at radius 3 is 2.41 bits per heavy atom. The molecule has 8 atom stereocenters. The summed E-state index contributed by atoms with van der Waals surface area (Å²) in [6.45, 7) is 16.7. The first kappa shape index (κ1) is 25.6. The van der Waals surface area contributed by atoms with Crippen LogP contribution in [0, 0.1) is 50.7 Å². The molecule has 4 saturated carbocycles. The van der Waals surface area contributed by atoms with Crippen LogP contribution in [0.1, 0.15) is 118 Å². The zero-order chi connectivity index (χ0) is 26.8. The van der Waals surface area contributed by atoms with E-state index in [1.807, 2.05) is 6.20 Å². The number of aromatic nitrogens is 1. The Bertz CT molecular complexity index is 1150. The SMILES string of the molecule is CC1(C)CC[C@]2(CC(=O)O)CC[C@]3(C)C(C(=O)C[C@@H]4[C@@]5(C)Cc6cnoc6C(C)(C)[C@@H]5CC[C@]43C)C2C1. The fourth-order valence-corrected chi connectivity index (χ4v) is 11.7. The van der Waals surface area contributed by atoms with Crippen LogP contribution in [0.3, 0.4) is 0 Å². The molecule has 204 valence electrons. The van der Waals surface area contributed by atoms with E-state index in [1.165, 1.54) is 5.56 Å². The predicted octanol–water partition coefficient (Wildman–Crippen LogP) is 7.22. The van der Waals surface area contributed by atoms with Crippen molar-refractivity contribution in [2.45, 2.75) is 118 Å². The number of fused-ring (bicyclic) bond motifs is 8. The number of Topliss-reactive ketones (excluding diaryl/α,β-unsaturated/α-hetero) is 1. The highest BCUT2D eigenvalue weighted by molar-refractivity contribution is 5.84. The zero-order valence-corrected chi connectivity index (χ0v) is 24.1. The smallest absolute Gasteiger partial charge is 0.303 e. The summed E-state index contributed by atoms with van der Waals surface area (Å²) in [5, 5.41) is 14.2. The summed E-state index contributed by atoms with van der Waals surface area (Å²) in [7, 11) is 0. The van der Waals surface area contributed by atoms with Crippen LogP contribution in [0.5, 0.6) is 0 Å². The zero-order valence-electron chi connectivity index (χ0n) is 24.1. The lowest BCUT2D eigenvalue weighted by Crippen LogP contribution is -2.69. The van der Waals surface area contributed by atoms with E-state index in [9.17, 15) is 14.7 Å². The van der Waals surface area contributed by atoms with Gasteiger partial charge in [-0.05, 0) is 96.2 Å². The molecule has 0 radical (unpaired) electrons. The van der Waals surface area contributed by atoms with Gasteiger partial charge in [0.2, 0.25) is 0 Å². The molecule has 0 aromatic carbocycles. The van der Waals surface area contributed by atoms with Crippen molar-refractivity contribution in [2.24, 2.45) is 50.7 Å². The van der Waals surface area contributed by atoms with Crippen LogP contribution >= 0.6 is 0 Å². The van der Waals surface area contributed by atoms with Crippen molar-refractivity contribution in [1.82, 2.24) is 5.16 Å². The molecule has 37 heavy (non-hydrogen) atoms. The lowest BCUT2D eigenvalue weighted by Gasteiger charge is -2.72. The van der Waals surface area contributed by atoms with Crippen molar-refractivity contribution < 1.29 is 19.2 Å². The number of carboxylic acids is 1. The molecule has 0 saturated heterocycles. The minimum Gasteiger partial charge on any atom is -0.481 e. The van der Waals surface area contributed by atoms with Gasteiger partial charge in [0.25, 0.3) is 0 Å². The third-order valence-electron chi connectivity index (χ3n) is 13.6. The molecular formula is C32H47NO4. The molecule has 6 rings (SSSR count). The highest BCUT2D eigenvalue weighted by Crippen LogP contribution is 2.76. The van der Waals surface area contributed by atoms with Gasteiger partial charge in [0, 0.05) is 23.3 Å². The highest BCUT2D eigenvalue weighted by atomic mass is 16.5. The second kappa shape index (κ2) is 7.50. The van der Waals surface area contributed by atoms with Gasteiger partial charge in [-0.3, -0.25) is 9.59 Å². The first-order valence-corrected chi connectivity index (χ1v) is 14.8. The Kier molecular flexibility index (Phi) is 5.20. The standard InChI is InChI=1S/C32H47NO4/c1-27(2)10-12-32(17-24(35)36)13-11-31(7)25(20(32)16-27)21(34)14-23-29(5)15-19-18-33-37-26(19)28(3,4)22(29)8-9-30(23,31)6/h18,20,22-23,25H,8-17H2,1-7H3,(H,35,36)/t20?,22-,23+,25?,29-,30+,31+,32+/m0/s1. The van der Waals surface area contributed by atoms with Gasteiger partial charge in [-0.2, -0.15) is 0 Å². The first-order valence-electron chi connectivity index (χ1n) is 14.8. The predicted molar refractivity (Wildman–Crippen MR) is 142 cm³/mol. The number of carbonyl (C=O) groups is 2. The minimum absolute atomic E-state index is 0.0140. The molecular weight excluding hydrogens is 462 g/mol. The Morgan fingerprint density at radius 2 is 1.70 bits per heavy atom. The molecule has 1 heterocycles. The van der Waals surface area contributed by atoms with Gasteiger partial charge in [-0.25, -0.2) is 0 Å². The maximum atomic E-state index is 14.5. The summed E-state index contributed by atoms with van der Waals surface area (Å²) >= 11 is 0. The van der Waals surface area contributed by atoms with E-state index >= 15 is 0 Å². The monoisotopic (exact) mass is 509 g/mol. The van der Waals surface area contributed by atoms with Gasteiger partial charge >= 0.3 is 5.97 Å². The fourth-order valence-electron chi connectivity index (χ4n) is 11.7. The molecule has 1 N–H and O–H groups in total. The van der Waals surface area contributed by atoms with E-state index < -0.39 is 5.97 Å². The number of hydrogen-bond donors (Lipinski definition) is 1. The number of nitrogens with zero attached hydrogens (tertiary/aromatic N) is 1. The van der Waals surface area contributed by atoms with E-state index in [-0.39, 0.29) is 50.7 Å². The van der Waals surface area contributed by atoms with Crippen LogP contribution < -0.4 is 0 Å². The Hall–Kier alpha value is -1.65. The third-order valence-corrected chi connectivity index (χ3v) is 13.6. The number of ketones is 1. The summed E-state index contributed by atoms with van der Waals surface area (Å²) in [6.07, 6.45) is 10.9. The topological polar surface area (TPSA) is 80.4 Å². The number of rotatable bonds is 2. The summed E-state index contributed by atoms with van der Waals surface area (Å²) in [5.74, 6) is 1.71. The summed E-state index contributed by atoms with van der Waals surface area (Å²) in [6, 6.07) is 0. The van der Waals surface area contributed by atoms with Crippen LogP contribution in [0.2, 0.25) is 0 Å². The molecule has 1 aromatic rings. The average molecular weight is 510 g/mol.